The molecule has 0 unspecified atom stereocenters. The summed E-state index contributed by atoms with van der Waals surface area (Å²) in [6, 6.07) is 0. The summed E-state index contributed by atoms with van der Waals surface area (Å²) in [5, 5.41) is 8.19. The van der Waals surface area contributed by atoms with Gasteiger partial charge in [-0.05, 0) is 24.7 Å². The molecule has 1 aromatic heterocycles. The van der Waals surface area contributed by atoms with Crippen LogP contribution >= 0.6 is 0 Å². The van der Waals surface area contributed by atoms with Crippen molar-refractivity contribution in [2.24, 2.45) is 17.3 Å². The van der Waals surface area contributed by atoms with Crippen LogP contribution in [0.5, 0.6) is 0 Å². The third-order valence-electron chi connectivity index (χ3n) is 5.22. The van der Waals surface area contributed by atoms with Gasteiger partial charge in [-0.2, -0.15) is 0 Å². The SMILES string of the molecule is CC1(Cn2cc(C(=O)N3C[C@H]4CCC[C@H]4C3)nn2)COC1. The Morgan fingerprint density at radius 3 is 2.71 bits per heavy atom. The van der Waals surface area contributed by atoms with Crippen LogP contribution in [-0.4, -0.2) is 52.1 Å². The molecule has 0 N–H and O–H groups in total. The Bertz CT molecular complexity index is 540. The number of carbonyl (C=O) groups excluding carboxylic acids is 1. The Morgan fingerprint density at radius 2 is 2.10 bits per heavy atom. The molecule has 3 aliphatic rings. The van der Waals surface area contributed by atoms with Crippen LogP contribution in [0.15, 0.2) is 6.20 Å². The van der Waals surface area contributed by atoms with Crippen LogP contribution in [0.3, 0.4) is 0 Å². The second-order valence-electron chi connectivity index (χ2n) is 7.27. The minimum absolute atomic E-state index is 0.0469. The van der Waals surface area contributed by atoms with Crippen molar-refractivity contribution in [3.05, 3.63) is 11.9 Å². The number of ether oxygens (including phenoxy) is 1. The van der Waals surface area contributed by atoms with E-state index in [0.717, 1.165) is 44.7 Å². The third-order valence-corrected chi connectivity index (χ3v) is 5.22. The van der Waals surface area contributed by atoms with Gasteiger partial charge in [0.25, 0.3) is 5.91 Å². The standard InChI is InChI=1S/C15H22N4O2/c1-15(9-21-10-15)8-19-7-13(16-17-19)14(20)18-5-11-3-2-4-12(11)6-18/h7,11-12H,2-6,8-10H2,1H3/t11-,12+. The summed E-state index contributed by atoms with van der Waals surface area (Å²) in [4.78, 5) is 14.5. The number of hydrogen-bond acceptors (Lipinski definition) is 4. The van der Waals surface area contributed by atoms with E-state index in [2.05, 4.69) is 17.2 Å². The van der Waals surface area contributed by atoms with Gasteiger partial charge >= 0.3 is 0 Å². The van der Waals surface area contributed by atoms with Crippen molar-refractivity contribution in [3.8, 4) is 0 Å². The molecule has 21 heavy (non-hydrogen) atoms. The highest BCUT2D eigenvalue weighted by molar-refractivity contribution is 5.92. The number of amides is 1. The zero-order chi connectivity index (χ0) is 14.4. The molecule has 1 saturated carbocycles. The fraction of sp³-hybridized carbons (Fsp3) is 0.800. The number of nitrogens with zero attached hydrogens (tertiary/aromatic N) is 4. The molecular formula is C15H22N4O2. The van der Waals surface area contributed by atoms with Gasteiger partial charge in [0.1, 0.15) is 0 Å². The highest BCUT2D eigenvalue weighted by atomic mass is 16.5. The van der Waals surface area contributed by atoms with Crippen molar-refractivity contribution < 1.29 is 9.53 Å². The van der Waals surface area contributed by atoms with Crippen LogP contribution < -0.4 is 0 Å². The molecule has 2 aliphatic heterocycles. The average molecular weight is 290 g/mol. The molecule has 6 nitrogen and oxygen atoms in total. The van der Waals surface area contributed by atoms with E-state index >= 15 is 0 Å². The first kappa shape index (κ1) is 13.2. The van der Waals surface area contributed by atoms with E-state index in [0.29, 0.717) is 5.69 Å². The minimum Gasteiger partial charge on any atom is -0.380 e. The summed E-state index contributed by atoms with van der Waals surface area (Å²) in [6.45, 7) is 6.25. The molecular weight excluding hydrogens is 268 g/mol. The fourth-order valence-corrected chi connectivity index (χ4v) is 3.97. The smallest absolute Gasteiger partial charge is 0.276 e. The molecule has 2 saturated heterocycles. The lowest BCUT2D eigenvalue weighted by atomic mass is 9.89. The van der Waals surface area contributed by atoms with E-state index in [1.165, 1.54) is 19.3 Å². The van der Waals surface area contributed by atoms with E-state index < -0.39 is 0 Å². The van der Waals surface area contributed by atoms with Crippen molar-refractivity contribution in [2.75, 3.05) is 26.3 Å². The lowest BCUT2D eigenvalue weighted by Crippen LogP contribution is -2.43. The molecule has 114 valence electrons. The first-order valence-corrected chi connectivity index (χ1v) is 7.90. The fourth-order valence-electron chi connectivity index (χ4n) is 3.97. The highest BCUT2D eigenvalue weighted by Gasteiger charge is 2.39. The van der Waals surface area contributed by atoms with Gasteiger partial charge in [0.2, 0.25) is 0 Å². The molecule has 4 rings (SSSR count). The second kappa shape index (κ2) is 4.80. The van der Waals surface area contributed by atoms with E-state index in [4.69, 9.17) is 4.74 Å². The third kappa shape index (κ3) is 2.35. The predicted molar refractivity (Wildman–Crippen MR) is 75.7 cm³/mol. The van der Waals surface area contributed by atoms with E-state index in [-0.39, 0.29) is 11.3 Å². The number of rotatable bonds is 3. The van der Waals surface area contributed by atoms with E-state index in [1.807, 2.05) is 4.90 Å². The molecule has 0 bridgehead atoms. The zero-order valence-electron chi connectivity index (χ0n) is 12.5. The Kier molecular flexibility index (Phi) is 3.03. The Balaban J connectivity index is 1.42. The van der Waals surface area contributed by atoms with E-state index in [1.54, 1.807) is 10.9 Å². The van der Waals surface area contributed by atoms with Crippen LogP contribution in [0, 0.1) is 17.3 Å². The van der Waals surface area contributed by atoms with Crippen LogP contribution in [0.2, 0.25) is 0 Å². The van der Waals surface area contributed by atoms with Gasteiger partial charge in [-0.15, -0.1) is 5.10 Å². The highest BCUT2D eigenvalue weighted by Crippen LogP contribution is 2.38. The first-order valence-electron chi connectivity index (χ1n) is 7.90. The maximum absolute atomic E-state index is 12.5. The van der Waals surface area contributed by atoms with Crippen molar-refractivity contribution >= 4 is 5.91 Å². The summed E-state index contributed by atoms with van der Waals surface area (Å²) >= 11 is 0. The Hall–Kier alpha value is -1.43. The summed E-state index contributed by atoms with van der Waals surface area (Å²) in [5.41, 5.74) is 0.623. The molecule has 6 heteroatoms. The van der Waals surface area contributed by atoms with Gasteiger partial charge in [-0.25, -0.2) is 0 Å². The van der Waals surface area contributed by atoms with Gasteiger partial charge in [0.05, 0.1) is 26.0 Å². The van der Waals surface area contributed by atoms with Crippen LogP contribution in [0.25, 0.3) is 0 Å². The molecule has 0 radical (unpaired) electrons. The molecule has 1 amide bonds. The zero-order valence-corrected chi connectivity index (χ0v) is 12.5. The maximum Gasteiger partial charge on any atom is 0.276 e. The lowest BCUT2D eigenvalue weighted by molar-refractivity contribution is -0.111. The van der Waals surface area contributed by atoms with Crippen molar-refractivity contribution in [2.45, 2.75) is 32.7 Å². The van der Waals surface area contributed by atoms with Crippen LogP contribution in [0.4, 0.5) is 0 Å². The largest absolute Gasteiger partial charge is 0.380 e. The van der Waals surface area contributed by atoms with Gasteiger partial charge in [0, 0.05) is 18.5 Å². The monoisotopic (exact) mass is 290 g/mol. The van der Waals surface area contributed by atoms with Gasteiger partial charge in [-0.1, -0.05) is 18.6 Å². The van der Waals surface area contributed by atoms with Crippen LogP contribution in [0.1, 0.15) is 36.7 Å². The number of likely N-dealkylation sites (tertiary alicyclic amines) is 1. The molecule has 3 fully saturated rings. The number of carbonyl (C=O) groups is 1. The van der Waals surface area contributed by atoms with Crippen molar-refractivity contribution in [3.63, 3.8) is 0 Å². The van der Waals surface area contributed by atoms with Gasteiger partial charge < -0.3 is 9.64 Å². The van der Waals surface area contributed by atoms with Gasteiger partial charge in [-0.3, -0.25) is 9.48 Å². The van der Waals surface area contributed by atoms with Crippen LogP contribution in [-0.2, 0) is 11.3 Å². The molecule has 0 spiro atoms. The molecule has 2 atom stereocenters. The maximum atomic E-state index is 12.5. The Labute approximate surface area is 124 Å². The van der Waals surface area contributed by atoms with Crippen molar-refractivity contribution in [1.29, 1.82) is 0 Å². The normalized spacial score (nSPS) is 30.2. The van der Waals surface area contributed by atoms with E-state index in [9.17, 15) is 4.79 Å². The summed E-state index contributed by atoms with van der Waals surface area (Å²) < 4.78 is 7.04. The average Bonchev–Trinajstić information content (AvgIpc) is 3.10. The molecule has 0 aromatic carbocycles. The minimum atomic E-state index is 0.0469. The number of fused-ring (bicyclic) bond motifs is 1. The topological polar surface area (TPSA) is 60.2 Å². The lowest BCUT2D eigenvalue weighted by Gasteiger charge is -2.37. The molecule has 3 heterocycles. The van der Waals surface area contributed by atoms with Crippen molar-refractivity contribution in [1.82, 2.24) is 19.9 Å². The molecule has 1 aliphatic carbocycles. The Morgan fingerprint density at radius 1 is 1.38 bits per heavy atom. The molecule has 1 aromatic rings. The van der Waals surface area contributed by atoms with Gasteiger partial charge in [0.15, 0.2) is 5.69 Å². The summed E-state index contributed by atoms with van der Waals surface area (Å²) in [5.74, 6) is 1.48. The summed E-state index contributed by atoms with van der Waals surface area (Å²) in [7, 11) is 0. The first-order chi connectivity index (χ1) is 10.1. The summed E-state index contributed by atoms with van der Waals surface area (Å²) in [6.07, 6.45) is 5.67. The quantitative estimate of drug-likeness (QED) is 0.839. The number of hydrogen-bond donors (Lipinski definition) is 0. The second-order valence-corrected chi connectivity index (χ2v) is 7.27. The predicted octanol–water partition coefficient (Wildman–Crippen LogP) is 1.19. The number of aromatic nitrogens is 3.